The second-order valence-corrected chi connectivity index (χ2v) is 8.03. The summed E-state index contributed by atoms with van der Waals surface area (Å²) in [6.45, 7) is 1.53. The lowest BCUT2D eigenvalue weighted by atomic mass is 9.95. The summed E-state index contributed by atoms with van der Waals surface area (Å²) in [5, 5.41) is 9.52. The molecule has 0 aromatic heterocycles. The number of likely N-dealkylation sites (N-methyl/N-ethyl adjacent to an activating group) is 1. The number of benzene rings is 2. The van der Waals surface area contributed by atoms with E-state index in [9.17, 15) is 9.18 Å². The van der Waals surface area contributed by atoms with Crippen LogP contribution in [0.1, 0.15) is 24.0 Å². The van der Waals surface area contributed by atoms with Gasteiger partial charge < -0.3 is 20.9 Å². The van der Waals surface area contributed by atoms with Crippen LogP contribution in [0.4, 0.5) is 10.1 Å². The minimum atomic E-state index is -0.153. The van der Waals surface area contributed by atoms with Crippen LogP contribution in [0.5, 0.6) is 0 Å². The van der Waals surface area contributed by atoms with Crippen molar-refractivity contribution in [3.63, 3.8) is 0 Å². The molecular formula is C23H31FIN5O. The lowest BCUT2D eigenvalue weighted by Crippen LogP contribution is -2.41. The van der Waals surface area contributed by atoms with E-state index in [1.165, 1.54) is 6.07 Å². The van der Waals surface area contributed by atoms with Crippen molar-refractivity contribution in [1.29, 1.82) is 0 Å². The molecule has 2 aromatic carbocycles. The molecule has 1 amide bonds. The predicted octanol–water partition coefficient (Wildman–Crippen LogP) is 3.34. The van der Waals surface area contributed by atoms with Crippen molar-refractivity contribution >= 4 is 41.5 Å². The van der Waals surface area contributed by atoms with Crippen LogP contribution in [-0.4, -0.2) is 51.0 Å². The molecular weight excluding hydrogens is 508 g/mol. The largest absolute Gasteiger partial charge is 0.356 e. The maximum atomic E-state index is 14.2. The molecule has 0 atom stereocenters. The number of carbonyl (C=O) groups excluding carboxylic acids is 1. The fourth-order valence-corrected chi connectivity index (χ4v) is 3.49. The molecule has 3 N–H and O–H groups in total. The third-order valence-corrected chi connectivity index (χ3v) is 5.25. The topological polar surface area (TPSA) is 68.8 Å². The molecule has 0 saturated heterocycles. The first kappa shape index (κ1) is 25.1. The summed E-state index contributed by atoms with van der Waals surface area (Å²) < 4.78 is 14.2. The number of amides is 1. The zero-order valence-electron chi connectivity index (χ0n) is 18.2. The van der Waals surface area contributed by atoms with Gasteiger partial charge in [-0.2, -0.15) is 0 Å². The first-order valence-electron chi connectivity index (χ1n) is 10.1. The van der Waals surface area contributed by atoms with Gasteiger partial charge in [0, 0.05) is 31.2 Å². The predicted molar refractivity (Wildman–Crippen MR) is 135 cm³/mol. The van der Waals surface area contributed by atoms with Crippen molar-refractivity contribution < 1.29 is 9.18 Å². The molecule has 0 unspecified atom stereocenters. The zero-order chi connectivity index (χ0) is 21.6. The Balaban J connectivity index is 0.00000341. The van der Waals surface area contributed by atoms with E-state index in [-0.39, 0.29) is 41.1 Å². The number of hydrogen-bond donors (Lipinski definition) is 3. The fourth-order valence-electron chi connectivity index (χ4n) is 3.49. The highest BCUT2D eigenvalue weighted by Gasteiger charge is 2.45. The minimum Gasteiger partial charge on any atom is -0.356 e. The average molecular weight is 539 g/mol. The zero-order valence-corrected chi connectivity index (χ0v) is 20.6. The van der Waals surface area contributed by atoms with E-state index in [1.54, 1.807) is 13.1 Å². The Bertz CT molecular complexity index is 914. The SMILES string of the molecule is CN=C(NCc1cccc(NC(=O)CN(C)C)c1)NCC1(c2ccccc2F)CC1.I. The number of rotatable bonds is 8. The molecule has 0 bridgehead atoms. The monoisotopic (exact) mass is 539 g/mol. The van der Waals surface area contributed by atoms with Crippen molar-refractivity contribution in [3.05, 3.63) is 65.5 Å². The van der Waals surface area contributed by atoms with E-state index in [0.29, 0.717) is 25.6 Å². The van der Waals surface area contributed by atoms with Gasteiger partial charge in [-0.3, -0.25) is 9.79 Å². The van der Waals surface area contributed by atoms with Crippen LogP contribution in [0.2, 0.25) is 0 Å². The molecule has 3 rings (SSSR count). The van der Waals surface area contributed by atoms with Crippen LogP contribution >= 0.6 is 24.0 Å². The molecule has 6 nitrogen and oxygen atoms in total. The Labute approximate surface area is 200 Å². The van der Waals surface area contributed by atoms with Gasteiger partial charge in [0.15, 0.2) is 5.96 Å². The fraction of sp³-hybridized carbons (Fsp3) is 0.391. The molecule has 2 aromatic rings. The van der Waals surface area contributed by atoms with Crippen LogP contribution in [-0.2, 0) is 16.8 Å². The van der Waals surface area contributed by atoms with Crippen LogP contribution in [0.3, 0.4) is 0 Å². The summed E-state index contributed by atoms with van der Waals surface area (Å²) in [4.78, 5) is 18.1. The molecule has 8 heteroatoms. The van der Waals surface area contributed by atoms with Gasteiger partial charge in [-0.15, -0.1) is 24.0 Å². The molecule has 0 aliphatic heterocycles. The molecule has 0 spiro atoms. The summed E-state index contributed by atoms with van der Waals surface area (Å²) >= 11 is 0. The maximum absolute atomic E-state index is 14.2. The number of aliphatic imine (C=N–C) groups is 1. The quantitative estimate of drug-likeness (QED) is 0.274. The molecule has 1 fully saturated rings. The number of guanidine groups is 1. The average Bonchev–Trinajstić information content (AvgIpc) is 3.49. The van der Waals surface area contributed by atoms with Crippen LogP contribution in [0, 0.1) is 5.82 Å². The standard InChI is InChI=1S/C23H30FN5O.HI/c1-25-22(27-16-23(11-12-23)19-9-4-5-10-20(19)24)26-14-17-7-6-8-18(13-17)28-21(30)15-29(2)3;/h4-10,13H,11-12,14-16H2,1-3H3,(H,28,30)(H2,25,26,27);1H. The van der Waals surface area contributed by atoms with Gasteiger partial charge in [0.25, 0.3) is 0 Å². The molecule has 0 radical (unpaired) electrons. The van der Waals surface area contributed by atoms with E-state index in [1.807, 2.05) is 55.4 Å². The molecule has 31 heavy (non-hydrogen) atoms. The van der Waals surface area contributed by atoms with E-state index in [2.05, 4.69) is 20.9 Å². The number of nitrogens with one attached hydrogen (secondary N) is 3. The lowest BCUT2D eigenvalue weighted by Gasteiger charge is -2.19. The van der Waals surface area contributed by atoms with Crippen LogP contribution in [0.15, 0.2) is 53.5 Å². The highest BCUT2D eigenvalue weighted by atomic mass is 127. The highest BCUT2D eigenvalue weighted by molar-refractivity contribution is 14.0. The van der Waals surface area contributed by atoms with Gasteiger partial charge in [0.1, 0.15) is 5.82 Å². The lowest BCUT2D eigenvalue weighted by molar-refractivity contribution is -0.116. The number of halogens is 2. The van der Waals surface area contributed by atoms with Gasteiger partial charge >= 0.3 is 0 Å². The Morgan fingerprint density at radius 2 is 1.87 bits per heavy atom. The van der Waals surface area contributed by atoms with E-state index < -0.39 is 0 Å². The van der Waals surface area contributed by atoms with Crippen molar-refractivity contribution in [2.24, 2.45) is 4.99 Å². The van der Waals surface area contributed by atoms with Crippen LogP contribution in [0.25, 0.3) is 0 Å². The van der Waals surface area contributed by atoms with Crippen molar-refractivity contribution in [3.8, 4) is 0 Å². The Morgan fingerprint density at radius 3 is 2.52 bits per heavy atom. The van der Waals surface area contributed by atoms with Crippen molar-refractivity contribution in [1.82, 2.24) is 15.5 Å². The third-order valence-electron chi connectivity index (χ3n) is 5.25. The second kappa shape index (κ2) is 11.4. The van der Waals surface area contributed by atoms with Gasteiger partial charge in [0.2, 0.25) is 5.91 Å². The molecule has 0 heterocycles. The summed E-state index contributed by atoms with van der Waals surface area (Å²) in [6.07, 6.45) is 1.93. The Kier molecular flexibility index (Phi) is 9.24. The Morgan fingerprint density at radius 1 is 1.13 bits per heavy atom. The summed E-state index contributed by atoms with van der Waals surface area (Å²) in [5.41, 5.74) is 2.41. The normalized spacial score (nSPS) is 14.5. The third kappa shape index (κ3) is 7.17. The first-order valence-corrected chi connectivity index (χ1v) is 10.1. The molecule has 168 valence electrons. The number of anilines is 1. The molecule has 1 aliphatic carbocycles. The number of hydrogen-bond acceptors (Lipinski definition) is 3. The highest BCUT2D eigenvalue weighted by Crippen LogP contribution is 2.48. The Hall–Kier alpha value is -2.20. The summed E-state index contributed by atoms with van der Waals surface area (Å²) in [6, 6.07) is 14.7. The van der Waals surface area contributed by atoms with Gasteiger partial charge in [-0.1, -0.05) is 30.3 Å². The van der Waals surface area contributed by atoms with Crippen molar-refractivity contribution in [2.75, 3.05) is 39.5 Å². The number of nitrogens with zero attached hydrogens (tertiary/aromatic N) is 2. The summed E-state index contributed by atoms with van der Waals surface area (Å²) in [5.74, 6) is 0.470. The number of carbonyl (C=O) groups is 1. The molecule has 1 saturated carbocycles. The van der Waals surface area contributed by atoms with Gasteiger partial charge in [0.05, 0.1) is 6.54 Å². The second-order valence-electron chi connectivity index (χ2n) is 8.03. The maximum Gasteiger partial charge on any atom is 0.238 e. The minimum absolute atomic E-state index is 0. The van der Waals surface area contributed by atoms with Crippen LogP contribution < -0.4 is 16.0 Å². The first-order chi connectivity index (χ1) is 14.4. The van der Waals surface area contributed by atoms with Gasteiger partial charge in [-0.05, 0) is 56.3 Å². The summed E-state index contributed by atoms with van der Waals surface area (Å²) in [7, 11) is 5.43. The van der Waals surface area contributed by atoms with Gasteiger partial charge in [-0.25, -0.2) is 4.39 Å². The molecule has 1 aliphatic rings. The van der Waals surface area contributed by atoms with E-state index >= 15 is 0 Å². The smallest absolute Gasteiger partial charge is 0.238 e. The van der Waals surface area contributed by atoms with E-state index in [0.717, 1.165) is 29.7 Å². The van der Waals surface area contributed by atoms with Crippen molar-refractivity contribution in [2.45, 2.75) is 24.8 Å². The van der Waals surface area contributed by atoms with E-state index in [4.69, 9.17) is 0 Å².